The number of phenols is 1. The SMILES string of the molecule is Cn1cc(-c2nn(C3CCCCO3)c3ccc(O)cc23)nc1CO. The fourth-order valence-electron chi connectivity index (χ4n) is 3.22. The van der Waals surface area contributed by atoms with Gasteiger partial charge in [0.15, 0.2) is 6.23 Å². The van der Waals surface area contributed by atoms with Gasteiger partial charge in [-0.15, -0.1) is 0 Å². The number of aliphatic hydroxyl groups is 1. The molecule has 1 aliphatic heterocycles. The number of aromatic hydroxyl groups is 1. The van der Waals surface area contributed by atoms with Crippen molar-refractivity contribution in [3.8, 4) is 17.1 Å². The van der Waals surface area contributed by atoms with Crippen molar-refractivity contribution >= 4 is 10.9 Å². The summed E-state index contributed by atoms with van der Waals surface area (Å²) in [6.45, 7) is 0.601. The second kappa shape index (κ2) is 5.92. The highest BCUT2D eigenvalue weighted by Gasteiger charge is 2.23. The Balaban J connectivity index is 1.89. The van der Waals surface area contributed by atoms with Crippen LogP contribution >= 0.6 is 0 Å². The summed E-state index contributed by atoms with van der Waals surface area (Å²) in [5.74, 6) is 0.757. The maximum Gasteiger partial charge on any atom is 0.150 e. The molecule has 1 unspecified atom stereocenters. The topological polar surface area (TPSA) is 85.3 Å². The number of benzene rings is 1. The number of hydrogen-bond donors (Lipinski definition) is 2. The van der Waals surface area contributed by atoms with Crippen LogP contribution in [0.3, 0.4) is 0 Å². The van der Waals surface area contributed by atoms with Crippen LogP contribution in [0.2, 0.25) is 0 Å². The van der Waals surface area contributed by atoms with Crippen molar-refractivity contribution in [2.24, 2.45) is 7.05 Å². The zero-order valence-electron chi connectivity index (χ0n) is 13.5. The first-order valence-corrected chi connectivity index (χ1v) is 8.13. The molecule has 4 rings (SSSR count). The maximum absolute atomic E-state index is 9.89. The summed E-state index contributed by atoms with van der Waals surface area (Å²) in [6, 6.07) is 5.21. The second-order valence-corrected chi connectivity index (χ2v) is 6.13. The first kappa shape index (κ1) is 15.2. The summed E-state index contributed by atoms with van der Waals surface area (Å²) in [6.07, 6.45) is 4.84. The van der Waals surface area contributed by atoms with Gasteiger partial charge in [-0.1, -0.05) is 0 Å². The average molecular weight is 328 g/mol. The molecule has 0 bridgehead atoms. The number of phenolic OH excluding ortho intramolecular Hbond substituents is 1. The predicted molar refractivity (Wildman–Crippen MR) is 88.4 cm³/mol. The van der Waals surface area contributed by atoms with E-state index in [1.807, 2.05) is 24.0 Å². The molecule has 1 saturated heterocycles. The van der Waals surface area contributed by atoms with Crippen LogP contribution in [0.15, 0.2) is 24.4 Å². The minimum absolute atomic E-state index is 0.0967. The molecule has 1 fully saturated rings. The Morgan fingerprint density at radius 2 is 2.21 bits per heavy atom. The van der Waals surface area contributed by atoms with Gasteiger partial charge < -0.3 is 19.5 Å². The van der Waals surface area contributed by atoms with Crippen molar-refractivity contribution < 1.29 is 14.9 Å². The van der Waals surface area contributed by atoms with Gasteiger partial charge in [0.1, 0.15) is 29.6 Å². The summed E-state index contributed by atoms with van der Waals surface area (Å²) >= 11 is 0. The molecule has 1 aliphatic rings. The summed E-state index contributed by atoms with van der Waals surface area (Å²) in [5, 5.41) is 24.8. The Hall–Kier alpha value is -2.38. The van der Waals surface area contributed by atoms with Crippen LogP contribution in [0.25, 0.3) is 22.3 Å². The lowest BCUT2D eigenvalue weighted by Gasteiger charge is -2.23. The molecule has 2 N–H and O–H groups in total. The van der Waals surface area contributed by atoms with E-state index in [2.05, 4.69) is 4.98 Å². The summed E-state index contributed by atoms with van der Waals surface area (Å²) in [5.41, 5.74) is 2.27. The van der Waals surface area contributed by atoms with Gasteiger partial charge in [0.2, 0.25) is 0 Å². The monoisotopic (exact) mass is 328 g/mol. The third kappa shape index (κ3) is 2.46. The van der Waals surface area contributed by atoms with Crippen LogP contribution in [-0.4, -0.2) is 36.2 Å². The largest absolute Gasteiger partial charge is 0.508 e. The Bertz CT molecular complexity index is 877. The third-order valence-electron chi connectivity index (χ3n) is 4.47. The lowest BCUT2D eigenvalue weighted by molar-refractivity contribution is -0.0365. The minimum atomic E-state index is -0.133. The molecule has 7 nitrogen and oxygen atoms in total. The zero-order chi connectivity index (χ0) is 16.7. The summed E-state index contributed by atoms with van der Waals surface area (Å²) in [7, 11) is 1.84. The van der Waals surface area contributed by atoms with Gasteiger partial charge in [-0.2, -0.15) is 5.10 Å². The fourth-order valence-corrected chi connectivity index (χ4v) is 3.22. The Morgan fingerprint density at radius 1 is 1.33 bits per heavy atom. The normalized spacial score (nSPS) is 18.3. The van der Waals surface area contributed by atoms with Gasteiger partial charge in [-0.3, -0.25) is 0 Å². The Kier molecular flexibility index (Phi) is 3.74. The lowest BCUT2D eigenvalue weighted by Crippen LogP contribution is -2.19. The number of aliphatic hydroxyl groups excluding tert-OH is 1. The van der Waals surface area contributed by atoms with E-state index in [1.54, 1.807) is 16.7 Å². The van der Waals surface area contributed by atoms with Gasteiger partial charge in [0.25, 0.3) is 0 Å². The van der Waals surface area contributed by atoms with Crippen molar-refractivity contribution in [3.63, 3.8) is 0 Å². The van der Waals surface area contributed by atoms with Crippen LogP contribution in [0.5, 0.6) is 5.75 Å². The minimum Gasteiger partial charge on any atom is -0.508 e. The molecular weight excluding hydrogens is 308 g/mol. The Morgan fingerprint density at radius 3 is 2.92 bits per heavy atom. The van der Waals surface area contributed by atoms with Gasteiger partial charge in [-0.25, -0.2) is 9.67 Å². The maximum atomic E-state index is 9.89. The number of imidazole rings is 1. The van der Waals surface area contributed by atoms with E-state index in [0.717, 1.165) is 36.8 Å². The predicted octanol–water partition coefficient (Wildman–Crippen LogP) is 2.33. The van der Waals surface area contributed by atoms with E-state index < -0.39 is 0 Å². The molecule has 0 spiro atoms. The zero-order valence-corrected chi connectivity index (χ0v) is 13.5. The van der Waals surface area contributed by atoms with Crippen LogP contribution in [0.1, 0.15) is 31.3 Å². The number of hydrogen-bond acceptors (Lipinski definition) is 5. The molecule has 1 aromatic carbocycles. The van der Waals surface area contributed by atoms with Gasteiger partial charge >= 0.3 is 0 Å². The highest BCUT2D eigenvalue weighted by atomic mass is 16.5. The van der Waals surface area contributed by atoms with E-state index >= 15 is 0 Å². The molecule has 0 aliphatic carbocycles. The number of nitrogens with zero attached hydrogens (tertiary/aromatic N) is 4. The van der Waals surface area contributed by atoms with Crippen molar-refractivity contribution in [2.45, 2.75) is 32.1 Å². The lowest BCUT2D eigenvalue weighted by atomic mass is 10.1. The summed E-state index contributed by atoms with van der Waals surface area (Å²) < 4.78 is 9.54. The highest BCUT2D eigenvalue weighted by molar-refractivity contribution is 5.93. The number of ether oxygens (including phenoxy) is 1. The van der Waals surface area contributed by atoms with Gasteiger partial charge in [0, 0.05) is 25.2 Å². The smallest absolute Gasteiger partial charge is 0.150 e. The fraction of sp³-hybridized carbons (Fsp3) is 0.412. The first-order chi connectivity index (χ1) is 11.7. The van der Waals surface area contributed by atoms with Crippen LogP contribution in [0.4, 0.5) is 0 Å². The van der Waals surface area contributed by atoms with Crippen LogP contribution < -0.4 is 0 Å². The van der Waals surface area contributed by atoms with E-state index in [9.17, 15) is 10.2 Å². The molecule has 3 aromatic rings. The highest BCUT2D eigenvalue weighted by Crippen LogP contribution is 2.34. The van der Waals surface area contributed by atoms with Crippen LogP contribution in [-0.2, 0) is 18.4 Å². The van der Waals surface area contributed by atoms with Crippen LogP contribution in [0, 0.1) is 0 Å². The van der Waals surface area contributed by atoms with E-state index in [0.29, 0.717) is 17.2 Å². The van der Waals surface area contributed by atoms with E-state index in [1.165, 1.54) is 0 Å². The Labute approximate surface area is 139 Å². The molecule has 126 valence electrons. The van der Waals surface area contributed by atoms with Gasteiger partial charge in [0.05, 0.1) is 5.52 Å². The third-order valence-corrected chi connectivity index (χ3v) is 4.47. The molecule has 0 saturated carbocycles. The second-order valence-electron chi connectivity index (χ2n) is 6.13. The van der Waals surface area contributed by atoms with E-state index in [-0.39, 0.29) is 18.6 Å². The molecule has 7 heteroatoms. The van der Waals surface area contributed by atoms with Gasteiger partial charge in [-0.05, 0) is 37.5 Å². The number of aryl methyl sites for hydroxylation is 1. The first-order valence-electron chi connectivity index (χ1n) is 8.13. The van der Waals surface area contributed by atoms with Crippen molar-refractivity contribution in [3.05, 3.63) is 30.2 Å². The molecular formula is C17H20N4O3. The van der Waals surface area contributed by atoms with Crippen molar-refractivity contribution in [1.82, 2.24) is 19.3 Å². The van der Waals surface area contributed by atoms with E-state index in [4.69, 9.17) is 9.84 Å². The summed E-state index contributed by atoms with van der Waals surface area (Å²) in [4.78, 5) is 4.45. The molecule has 0 amide bonds. The number of fused-ring (bicyclic) bond motifs is 1. The van der Waals surface area contributed by atoms with Crippen molar-refractivity contribution in [1.29, 1.82) is 0 Å². The number of aromatic nitrogens is 4. The molecule has 1 atom stereocenters. The molecule has 2 aromatic heterocycles. The average Bonchev–Trinajstić information content (AvgIpc) is 3.15. The molecule has 24 heavy (non-hydrogen) atoms. The number of rotatable bonds is 3. The standard InChI is InChI=1S/C17H20N4O3/c1-20-9-13(18-15(20)10-22)17-12-8-11(23)5-6-14(12)21(19-17)16-4-2-3-7-24-16/h5-6,8-9,16,22-23H,2-4,7,10H2,1H3. The quantitative estimate of drug-likeness (QED) is 0.771. The van der Waals surface area contributed by atoms with Crippen molar-refractivity contribution in [2.75, 3.05) is 6.61 Å². The molecule has 0 radical (unpaired) electrons. The molecule has 3 heterocycles.